The number of halogens is 2. The van der Waals surface area contributed by atoms with Gasteiger partial charge in [0.25, 0.3) is 0 Å². The number of hydrogen-bond acceptors (Lipinski definition) is 2. The zero-order valence-corrected chi connectivity index (χ0v) is 12.1. The van der Waals surface area contributed by atoms with Crippen LogP contribution < -0.4 is 10.1 Å². The van der Waals surface area contributed by atoms with E-state index in [4.69, 9.17) is 16.3 Å². The summed E-state index contributed by atoms with van der Waals surface area (Å²) in [7, 11) is 0. The summed E-state index contributed by atoms with van der Waals surface area (Å²) >= 11 is 5.84. The van der Waals surface area contributed by atoms with Crippen molar-refractivity contribution in [2.24, 2.45) is 0 Å². The highest BCUT2D eigenvalue weighted by Crippen LogP contribution is 2.18. The molecular weight excluding hydrogens is 277 g/mol. The van der Waals surface area contributed by atoms with Gasteiger partial charge in [0.2, 0.25) is 0 Å². The first kappa shape index (κ1) is 14.8. The van der Waals surface area contributed by atoms with Crippen LogP contribution in [-0.2, 0) is 13.2 Å². The van der Waals surface area contributed by atoms with E-state index in [0.29, 0.717) is 16.3 Å². The first-order valence-electron chi connectivity index (χ1n) is 6.55. The average molecular weight is 294 g/mol. The molecule has 2 aromatic carbocycles. The summed E-state index contributed by atoms with van der Waals surface area (Å²) < 4.78 is 19.1. The topological polar surface area (TPSA) is 21.3 Å². The van der Waals surface area contributed by atoms with Crippen molar-refractivity contribution in [2.45, 2.75) is 20.1 Å². The third kappa shape index (κ3) is 4.22. The molecule has 0 radical (unpaired) electrons. The molecule has 2 nitrogen and oxygen atoms in total. The van der Waals surface area contributed by atoms with Gasteiger partial charge in [0, 0.05) is 17.1 Å². The molecule has 0 atom stereocenters. The van der Waals surface area contributed by atoms with Crippen molar-refractivity contribution in [1.82, 2.24) is 5.32 Å². The van der Waals surface area contributed by atoms with E-state index in [2.05, 4.69) is 12.2 Å². The second-order valence-electron chi connectivity index (χ2n) is 4.45. The van der Waals surface area contributed by atoms with Crippen molar-refractivity contribution >= 4 is 11.6 Å². The summed E-state index contributed by atoms with van der Waals surface area (Å²) in [4.78, 5) is 0. The standard InChI is InChI=1S/C16H17ClFNO/c1-2-19-10-12-3-6-15(7-4-12)20-11-13-9-14(17)5-8-16(13)18/h3-9,19H,2,10-11H2,1H3. The van der Waals surface area contributed by atoms with Gasteiger partial charge in [-0.2, -0.15) is 0 Å². The molecule has 106 valence electrons. The summed E-state index contributed by atoms with van der Waals surface area (Å²) in [6.45, 7) is 4.00. The summed E-state index contributed by atoms with van der Waals surface area (Å²) in [6, 6.07) is 12.2. The highest BCUT2D eigenvalue weighted by molar-refractivity contribution is 6.30. The Kier molecular flexibility index (Phi) is 5.39. The van der Waals surface area contributed by atoms with Gasteiger partial charge in [-0.25, -0.2) is 4.39 Å². The maximum atomic E-state index is 13.5. The Hall–Kier alpha value is -1.58. The highest BCUT2D eigenvalue weighted by atomic mass is 35.5. The Bertz CT molecular complexity index is 557. The molecular formula is C16H17ClFNO. The molecule has 0 aliphatic carbocycles. The van der Waals surface area contributed by atoms with E-state index in [9.17, 15) is 4.39 Å². The third-order valence-electron chi connectivity index (χ3n) is 2.90. The average Bonchev–Trinajstić information content (AvgIpc) is 2.47. The molecule has 20 heavy (non-hydrogen) atoms. The molecule has 0 bridgehead atoms. The first-order chi connectivity index (χ1) is 9.69. The number of ether oxygens (including phenoxy) is 1. The van der Waals surface area contributed by atoms with Crippen LogP contribution >= 0.6 is 11.6 Å². The van der Waals surface area contributed by atoms with Crippen molar-refractivity contribution in [2.75, 3.05) is 6.54 Å². The minimum Gasteiger partial charge on any atom is -0.489 e. The summed E-state index contributed by atoms with van der Waals surface area (Å²) in [5, 5.41) is 3.76. The molecule has 0 aromatic heterocycles. The van der Waals surface area contributed by atoms with Crippen LogP contribution in [0.15, 0.2) is 42.5 Å². The number of rotatable bonds is 6. The van der Waals surface area contributed by atoms with Crippen LogP contribution in [0.1, 0.15) is 18.1 Å². The summed E-state index contributed by atoms with van der Waals surface area (Å²) in [5.74, 6) is 0.405. The van der Waals surface area contributed by atoms with Gasteiger partial charge in [0.05, 0.1) is 0 Å². The molecule has 0 saturated carbocycles. The van der Waals surface area contributed by atoms with Gasteiger partial charge in [-0.05, 0) is 42.4 Å². The molecule has 2 aromatic rings. The molecule has 0 spiro atoms. The predicted octanol–water partition coefficient (Wildman–Crippen LogP) is 4.17. The number of benzene rings is 2. The van der Waals surface area contributed by atoms with E-state index in [-0.39, 0.29) is 12.4 Å². The lowest BCUT2D eigenvalue weighted by Gasteiger charge is -2.08. The zero-order chi connectivity index (χ0) is 14.4. The van der Waals surface area contributed by atoms with Crippen molar-refractivity contribution in [3.63, 3.8) is 0 Å². The fourth-order valence-electron chi connectivity index (χ4n) is 1.79. The van der Waals surface area contributed by atoms with Crippen LogP contribution in [0.2, 0.25) is 5.02 Å². The molecule has 0 heterocycles. The normalized spacial score (nSPS) is 10.6. The summed E-state index contributed by atoms with van der Waals surface area (Å²) in [5.41, 5.74) is 1.64. The molecule has 2 rings (SSSR count). The van der Waals surface area contributed by atoms with Gasteiger partial charge in [0.15, 0.2) is 0 Å². The van der Waals surface area contributed by atoms with Gasteiger partial charge in [-0.1, -0.05) is 30.7 Å². The smallest absolute Gasteiger partial charge is 0.129 e. The van der Waals surface area contributed by atoms with Crippen LogP contribution in [0.5, 0.6) is 5.75 Å². The van der Waals surface area contributed by atoms with Crippen LogP contribution in [0, 0.1) is 5.82 Å². The molecule has 4 heteroatoms. The lowest BCUT2D eigenvalue weighted by Crippen LogP contribution is -2.11. The number of hydrogen-bond donors (Lipinski definition) is 1. The second-order valence-corrected chi connectivity index (χ2v) is 4.89. The minimum absolute atomic E-state index is 0.166. The Labute approximate surface area is 123 Å². The molecule has 0 amide bonds. The van der Waals surface area contributed by atoms with E-state index in [1.807, 2.05) is 24.3 Å². The molecule has 0 saturated heterocycles. The molecule has 0 aliphatic heterocycles. The van der Waals surface area contributed by atoms with Crippen molar-refractivity contribution in [3.05, 3.63) is 64.4 Å². The largest absolute Gasteiger partial charge is 0.489 e. The predicted molar refractivity (Wildman–Crippen MR) is 79.6 cm³/mol. The van der Waals surface area contributed by atoms with Crippen molar-refractivity contribution in [1.29, 1.82) is 0 Å². The first-order valence-corrected chi connectivity index (χ1v) is 6.93. The van der Waals surface area contributed by atoms with E-state index < -0.39 is 0 Å². The lowest BCUT2D eigenvalue weighted by molar-refractivity contribution is 0.300. The van der Waals surface area contributed by atoms with E-state index >= 15 is 0 Å². The monoisotopic (exact) mass is 293 g/mol. The second kappa shape index (κ2) is 7.27. The van der Waals surface area contributed by atoms with E-state index in [0.717, 1.165) is 13.1 Å². The SMILES string of the molecule is CCNCc1ccc(OCc2cc(Cl)ccc2F)cc1. The van der Waals surface area contributed by atoms with Gasteiger partial charge < -0.3 is 10.1 Å². The molecule has 0 unspecified atom stereocenters. The fourth-order valence-corrected chi connectivity index (χ4v) is 1.98. The van der Waals surface area contributed by atoms with Crippen LogP contribution in [0.3, 0.4) is 0 Å². The Morgan fingerprint density at radius 3 is 2.60 bits per heavy atom. The van der Waals surface area contributed by atoms with E-state index in [1.54, 1.807) is 6.07 Å². The third-order valence-corrected chi connectivity index (χ3v) is 3.14. The van der Waals surface area contributed by atoms with Crippen LogP contribution in [0.25, 0.3) is 0 Å². The number of nitrogens with one attached hydrogen (secondary N) is 1. The Morgan fingerprint density at radius 1 is 1.15 bits per heavy atom. The lowest BCUT2D eigenvalue weighted by atomic mass is 10.2. The molecule has 1 N–H and O–H groups in total. The van der Waals surface area contributed by atoms with Crippen LogP contribution in [-0.4, -0.2) is 6.54 Å². The van der Waals surface area contributed by atoms with Crippen molar-refractivity contribution < 1.29 is 9.13 Å². The van der Waals surface area contributed by atoms with E-state index in [1.165, 1.54) is 17.7 Å². The maximum Gasteiger partial charge on any atom is 0.129 e. The van der Waals surface area contributed by atoms with Crippen LogP contribution in [0.4, 0.5) is 4.39 Å². The minimum atomic E-state index is -0.307. The van der Waals surface area contributed by atoms with Crippen molar-refractivity contribution in [3.8, 4) is 5.75 Å². The zero-order valence-electron chi connectivity index (χ0n) is 11.3. The Balaban J connectivity index is 1.95. The quantitative estimate of drug-likeness (QED) is 0.863. The highest BCUT2D eigenvalue weighted by Gasteiger charge is 2.04. The van der Waals surface area contributed by atoms with Gasteiger partial charge in [-0.15, -0.1) is 0 Å². The Morgan fingerprint density at radius 2 is 1.90 bits per heavy atom. The van der Waals surface area contributed by atoms with Gasteiger partial charge >= 0.3 is 0 Å². The van der Waals surface area contributed by atoms with Gasteiger partial charge in [-0.3, -0.25) is 0 Å². The fraction of sp³-hybridized carbons (Fsp3) is 0.250. The summed E-state index contributed by atoms with van der Waals surface area (Å²) in [6.07, 6.45) is 0. The maximum absolute atomic E-state index is 13.5. The molecule has 0 fully saturated rings. The van der Waals surface area contributed by atoms with Gasteiger partial charge in [0.1, 0.15) is 18.2 Å². The molecule has 0 aliphatic rings.